The largest absolute Gasteiger partial charge is 0.390 e. The quantitative estimate of drug-likeness (QED) is 0.736. The SMILES string of the molecule is CC(C)(O)CCN1CC2CCC(C1)O2. The Balaban J connectivity index is 1.77. The molecule has 0 aromatic rings. The van der Waals surface area contributed by atoms with E-state index in [0.717, 1.165) is 26.1 Å². The van der Waals surface area contributed by atoms with Crippen LogP contribution in [0, 0.1) is 0 Å². The zero-order valence-electron chi connectivity index (χ0n) is 9.20. The van der Waals surface area contributed by atoms with Crippen LogP contribution in [0.2, 0.25) is 0 Å². The molecule has 0 saturated carbocycles. The lowest BCUT2D eigenvalue weighted by atomic mass is 10.1. The predicted molar refractivity (Wildman–Crippen MR) is 55.2 cm³/mol. The van der Waals surface area contributed by atoms with Crippen molar-refractivity contribution in [3.63, 3.8) is 0 Å². The molecule has 3 heteroatoms. The Morgan fingerprint density at radius 1 is 1.29 bits per heavy atom. The molecule has 0 aromatic carbocycles. The van der Waals surface area contributed by atoms with E-state index in [-0.39, 0.29) is 0 Å². The average Bonchev–Trinajstić information content (AvgIpc) is 2.41. The molecule has 0 aliphatic carbocycles. The van der Waals surface area contributed by atoms with E-state index in [1.165, 1.54) is 12.8 Å². The van der Waals surface area contributed by atoms with Crippen molar-refractivity contribution < 1.29 is 9.84 Å². The van der Waals surface area contributed by atoms with Crippen molar-refractivity contribution >= 4 is 0 Å². The number of hydrogen-bond acceptors (Lipinski definition) is 3. The molecule has 0 amide bonds. The van der Waals surface area contributed by atoms with Crippen LogP contribution in [0.25, 0.3) is 0 Å². The lowest BCUT2D eigenvalue weighted by molar-refractivity contribution is -0.0456. The van der Waals surface area contributed by atoms with Crippen LogP contribution in [0.4, 0.5) is 0 Å². The van der Waals surface area contributed by atoms with Crippen LogP contribution >= 0.6 is 0 Å². The molecular weight excluding hydrogens is 178 g/mol. The minimum atomic E-state index is -0.530. The van der Waals surface area contributed by atoms with Gasteiger partial charge >= 0.3 is 0 Å². The molecule has 1 N–H and O–H groups in total. The molecule has 2 atom stereocenters. The zero-order chi connectivity index (χ0) is 10.2. The summed E-state index contributed by atoms with van der Waals surface area (Å²) in [5.74, 6) is 0. The summed E-state index contributed by atoms with van der Waals surface area (Å²) in [6, 6.07) is 0. The summed E-state index contributed by atoms with van der Waals surface area (Å²) < 4.78 is 5.76. The molecule has 0 aromatic heterocycles. The van der Waals surface area contributed by atoms with Crippen molar-refractivity contribution in [1.82, 2.24) is 4.90 Å². The van der Waals surface area contributed by atoms with Gasteiger partial charge in [-0.1, -0.05) is 0 Å². The topological polar surface area (TPSA) is 32.7 Å². The van der Waals surface area contributed by atoms with Crippen molar-refractivity contribution in [3.8, 4) is 0 Å². The van der Waals surface area contributed by atoms with E-state index in [9.17, 15) is 5.11 Å². The van der Waals surface area contributed by atoms with Crippen LogP contribution < -0.4 is 0 Å². The number of ether oxygens (including phenoxy) is 1. The Hall–Kier alpha value is -0.120. The van der Waals surface area contributed by atoms with Crippen molar-refractivity contribution in [2.75, 3.05) is 19.6 Å². The first-order chi connectivity index (χ1) is 6.53. The van der Waals surface area contributed by atoms with Gasteiger partial charge in [-0.15, -0.1) is 0 Å². The number of nitrogens with zero attached hydrogens (tertiary/aromatic N) is 1. The van der Waals surface area contributed by atoms with Gasteiger partial charge in [0.05, 0.1) is 17.8 Å². The highest BCUT2D eigenvalue weighted by atomic mass is 16.5. The highest BCUT2D eigenvalue weighted by molar-refractivity contribution is 4.85. The Labute approximate surface area is 86.0 Å². The van der Waals surface area contributed by atoms with Gasteiger partial charge in [-0.05, 0) is 33.1 Å². The second kappa shape index (κ2) is 3.80. The van der Waals surface area contributed by atoms with E-state index in [1.807, 2.05) is 13.8 Å². The van der Waals surface area contributed by atoms with Gasteiger partial charge in [-0.3, -0.25) is 4.90 Å². The Morgan fingerprint density at radius 2 is 1.86 bits per heavy atom. The number of aliphatic hydroxyl groups is 1. The number of likely N-dealkylation sites (tertiary alicyclic amines) is 1. The fourth-order valence-electron chi connectivity index (χ4n) is 2.31. The van der Waals surface area contributed by atoms with Crippen LogP contribution in [-0.4, -0.2) is 47.4 Å². The Kier molecular flexibility index (Phi) is 2.82. The van der Waals surface area contributed by atoms with E-state index in [1.54, 1.807) is 0 Å². The fourth-order valence-corrected chi connectivity index (χ4v) is 2.31. The highest BCUT2D eigenvalue weighted by Crippen LogP contribution is 2.26. The van der Waals surface area contributed by atoms with Crippen molar-refractivity contribution in [2.45, 2.75) is 50.9 Å². The maximum absolute atomic E-state index is 9.64. The van der Waals surface area contributed by atoms with Gasteiger partial charge in [0.1, 0.15) is 0 Å². The van der Waals surface area contributed by atoms with E-state index in [0.29, 0.717) is 12.2 Å². The third-order valence-corrected chi connectivity index (χ3v) is 3.16. The summed E-state index contributed by atoms with van der Waals surface area (Å²) in [5, 5.41) is 9.64. The van der Waals surface area contributed by atoms with Crippen molar-refractivity contribution in [3.05, 3.63) is 0 Å². The van der Waals surface area contributed by atoms with Crippen LogP contribution in [-0.2, 0) is 4.74 Å². The third-order valence-electron chi connectivity index (χ3n) is 3.16. The Bertz CT molecular complexity index is 188. The monoisotopic (exact) mass is 199 g/mol. The molecular formula is C11H21NO2. The summed E-state index contributed by atoms with van der Waals surface area (Å²) in [7, 11) is 0. The van der Waals surface area contributed by atoms with Gasteiger partial charge in [0.15, 0.2) is 0 Å². The maximum atomic E-state index is 9.64. The first-order valence-electron chi connectivity index (χ1n) is 5.63. The highest BCUT2D eigenvalue weighted by Gasteiger charge is 2.33. The second-order valence-corrected chi connectivity index (χ2v) is 5.28. The molecule has 2 saturated heterocycles. The molecule has 2 bridgehead atoms. The number of rotatable bonds is 3. The molecule has 2 heterocycles. The minimum Gasteiger partial charge on any atom is -0.390 e. The molecule has 2 aliphatic heterocycles. The molecule has 2 aliphatic rings. The molecule has 0 radical (unpaired) electrons. The summed E-state index contributed by atoms with van der Waals surface area (Å²) in [5.41, 5.74) is -0.530. The Morgan fingerprint density at radius 3 is 2.36 bits per heavy atom. The summed E-state index contributed by atoms with van der Waals surface area (Å²) in [4.78, 5) is 2.43. The van der Waals surface area contributed by atoms with Gasteiger partial charge in [0.2, 0.25) is 0 Å². The van der Waals surface area contributed by atoms with E-state index >= 15 is 0 Å². The van der Waals surface area contributed by atoms with Crippen LogP contribution in [0.3, 0.4) is 0 Å². The smallest absolute Gasteiger partial charge is 0.0707 e. The summed E-state index contributed by atoms with van der Waals surface area (Å²) >= 11 is 0. The summed E-state index contributed by atoms with van der Waals surface area (Å²) in [6.45, 7) is 6.88. The van der Waals surface area contributed by atoms with Crippen LogP contribution in [0.1, 0.15) is 33.1 Å². The standard InChI is InChI=1S/C11H21NO2/c1-11(2,13)5-6-12-7-9-3-4-10(8-12)14-9/h9-10,13H,3-8H2,1-2H3. The van der Waals surface area contributed by atoms with Gasteiger partial charge in [0.25, 0.3) is 0 Å². The lowest BCUT2D eigenvalue weighted by Gasteiger charge is -2.33. The van der Waals surface area contributed by atoms with Gasteiger partial charge in [-0.25, -0.2) is 0 Å². The number of fused-ring (bicyclic) bond motifs is 2. The van der Waals surface area contributed by atoms with E-state index in [4.69, 9.17) is 4.74 Å². The zero-order valence-corrected chi connectivity index (χ0v) is 9.20. The molecule has 2 rings (SSSR count). The molecule has 0 spiro atoms. The predicted octanol–water partition coefficient (Wildman–Crippen LogP) is 1.01. The number of morpholine rings is 1. The molecule has 82 valence electrons. The summed E-state index contributed by atoms with van der Waals surface area (Å²) in [6.07, 6.45) is 4.24. The van der Waals surface area contributed by atoms with Gasteiger partial charge in [-0.2, -0.15) is 0 Å². The molecule has 2 fully saturated rings. The first-order valence-corrected chi connectivity index (χ1v) is 5.63. The average molecular weight is 199 g/mol. The van der Waals surface area contributed by atoms with E-state index < -0.39 is 5.60 Å². The molecule has 3 nitrogen and oxygen atoms in total. The van der Waals surface area contributed by atoms with Crippen molar-refractivity contribution in [1.29, 1.82) is 0 Å². The minimum absolute atomic E-state index is 0.468. The van der Waals surface area contributed by atoms with Gasteiger partial charge in [0, 0.05) is 19.6 Å². The van der Waals surface area contributed by atoms with Crippen LogP contribution in [0.15, 0.2) is 0 Å². The van der Waals surface area contributed by atoms with E-state index in [2.05, 4.69) is 4.90 Å². The molecule has 2 unspecified atom stereocenters. The van der Waals surface area contributed by atoms with Gasteiger partial charge < -0.3 is 9.84 Å². The normalized spacial score (nSPS) is 33.6. The molecule has 14 heavy (non-hydrogen) atoms. The van der Waals surface area contributed by atoms with Crippen LogP contribution in [0.5, 0.6) is 0 Å². The maximum Gasteiger partial charge on any atom is 0.0707 e. The third kappa shape index (κ3) is 2.69. The first kappa shape index (κ1) is 10.4. The lowest BCUT2D eigenvalue weighted by Crippen LogP contribution is -2.44. The van der Waals surface area contributed by atoms with Crippen molar-refractivity contribution in [2.24, 2.45) is 0 Å². The second-order valence-electron chi connectivity index (χ2n) is 5.28. The fraction of sp³-hybridized carbons (Fsp3) is 1.00. The number of hydrogen-bond donors (Lipinski definition) is 1.